The van der Waals surface area contributed by atoms with Crippen molar-refractivity contribution in [3.63, 3.8) is 0 Å². The van der Waals surface area contributed by atoms with Crippen LogP contribution in [0.3, 0.4) is 0 Å². The number of benzene rings is 1. The maximum atomic E-state index is 4.05. The highest BCUT2D eigenvalue weighted by Gasteiger charge is 2.25. The molecule has 1 fully saturated rings. The van der Waals surface area contributed by atoms with Crippen LogP contribution >= 0.6 is 0 Å². The quantitative estimate of drug-likeness (QED) is 0.845. The first-order valence-electron chi connectivity index (χ1n) is 6.56. The molecule has 1 heterocycles. The summed E-state index contributed by atoms with van der Waals surface area (Å²) in [5.41, 5.74) is 2.33. The Bertz CT molecular complexity index is 503. The molecule has 1 aromatic carbocycles. The number of anilines is 1. The van der Waals surface area contributed by atoms with Crippen LogP contribution in [0.25, 0.3) is 10.9 Å². The highest BCUT2D eigenvalue weighted by molar-refractivity contribution is 5.81. The molecule has 3 rings (SSSR count). The lowest BCUT2D eigenvalue weighted by atomic mass is 10.0. The van der Waals surface area contributed by atoms with Crippen molar-refractivity contribution in [1.29, 1.82) is 0 Å². The molecule has 1 aromatic heterocycles. The molecular weight excluding hydrogens is 210 g/mol. The van der Waals surface area contributed by atoms with Crippen molar-refractivity contribution in [3.05, 3.63) is 24.4 Å². The highest BCUT2D eigenvalue weighted by Crippen LogP contribution is 2.31. The van der Waals surface area contributed by atoms with Gasteiger partial charge in [0, 0.05) is 17.1 Å². The van der Waals surface area contributed by atoms with Crippen LogP contribution in [-0.4, -0.2) is 16.2 Å². The molecular formula is C14H19N3. The monoisotopic (exact) mass is 229 g/mol. The van der Waals surface area contributed by atoms with Crippen molar-refractivity contribution in [3.8, 4) is 0 Å². The van der Waals surface area contributed by atoms with Gasteiger partial charge in [-0.05, 0) is 37.0 Å². The van der Waals surface area contributed by atoms with Gasteiger partial charge in [-0.3, -0.25) is 5.10 Å². The lowest BCUT2D eigenvalue weighted by Gasteiger charge is -2.20. The van der Waals surface area contributed by atoms with Gasteiger partial charge in [0.15, 0.2) is 0 Å². The largest absolute Gasteiger partial charge is 0.382 e. The predicted molar refractivity (Wildman–Crippen MR) is 71.1 cm³/mol. The maximum Gasteiger partial charge on any atom is 0.0670 e. The zero-order chi connectivity index (χ0) is 11.7. The van der Waals surface area contributed by atoms with Crippen LogP contribution in [-0.2, 0) is 0 Å². The zero-order valence-corrected chi connectivity index (χ0v) is 10.2. The van der Waals surface area contributed by atoms with Crippen LogP contribution in [0.5, 0.6) is 0 Å². The van der Waals surface area contributed by atoms with Crippen molar-refractivity contribution in [2.45, 2.75) is 38.6 Å². The SMILES string of the molecule is CCC1CCCC1Nc1ccc2cn[nH]c2c1. The van der Waals surface area contributed by atoms with E-state index in [0.29, 0.717) is 6.04 Å². The number of fused-ring (bicyclic) bond motifs is 1. The molecule has 1 aliphatic rings. The van der Waals surface area contributed by atoms with Crippen molar-refractivity contribution in [1.82, 2.24) is 10.2 Å². The van der Waals surface area contributed by atoms with Crippen LogP contribution in [0.2, 0.25) is 0 Å². The number of aromatic nitrogens is 2. The van der Waals surface area contributed by atoms with Crippen molar-refractivity contribution in [2.75, 3.05) is 5.32 Å². The second-order valence-corrected chi connectivity index (χ2v) is 5.02. The smallest absolute Gasteiger partial charge is 0.0670 e. The minimum Gasteiger partial charge on any atom is -0.382 e. The molecule has 2 unspecified atom stereocenters. The van der Waals surface area contributed by atoms with Crippen LogP contribution in [0.15, 0.2) is 24.4 Å². The molecule has 1 aliphatic carbocycles. The average Bonchev–Trinajstić information content (AvgIpc) is 2.96. The average molecular weight is 229 g/mol. The Morgan fingerprint density at radius 2 is 2.35 bits per heavy atom. The van der Waals surface area contributed by atoms with Gasteiger partial charge in [-0.2, -0.15) is 5.10 Å². The van der Waals surface area contributed by atoms with Crippen LogP contribution in [0.1, 0.15) is 32.6 Å². The molecule has 17 heavy (non-hydrogen) atoms. The normalized spacial score (nSPS) is 24.3. The number of nitrogens with zero attached hydrogens (tertiary/aromatic N) is 1. The van der Waals surface area contributed by atoms with E-state index >= 15 is 0 Å². The van der Waals surface area contributed by atoms with E-state index in [1.165, 1.54) is 36.8 Å². The van der Waals surface area contributed by atoms with Gasteiger partial charge in [0.1, 0.15) is 0 Å². The summed E-state index contributed by atoms with van der Waals surface area (Å²) in [6.07, 6.45) is 7.19. The first-order valence-corrected chi connectivity index (χ1v) is 6.56. The fourth-order valence-corrected chi connectivity index (χ4v) is 2.96. The molecule has 0 saturated heterocycles. The Kier molecular flexibility index (Phi) is 2.75. The molecule has 0 amide bonds. The summed E-state index contributed by atoms with van der Waals surface area (Å²) in [7, 11) is 0. The van der Waals surface area contributed by atoms with Crippen molar-refractivity contribution in [2.24, 2.45) is 5.92 Å². The number of H-pyrrole nitrogens is 1. The highest BCUT2D eigenvalue weighted by atomic mass is 15.1. The molecule has 2 N–H and O–H groups in total. The van der Waals surface area contributed by atoms with E-state index in [9.17, 15) is 0 Å². The summed E-state index contributed by atoms with van der Waals surface area (Å²) in [4.78, 5) is 0. The Labute approximate surface area is 102 Å². The van der Waals surface area contributed by atoms with E-state index in [0.717, 1.165) is 11.4 Å². The van der Waals surface area contributed by atoms with E-state index in [1.807, 2.05) is 6.20 Å². The Balaban J connectivity index is 1.79. The summed E-state index contributed by atoms with van der Waals surface area (Å²) < 4.78 is 0. The number of aromatic amines is 1. The Morgan fingerprint density at radius 1 is 1.41 bits per heavy atom. The predicted octanol–water partition coefficient (Wildman–Crippen LogP) is 3.55. The minimum absolute atomic E-state index is 0.653. The van der Waals surface area contributed by atoms with Gasteiger partial charge in [0.2, 0.25) is 0 Å². The fraction of sp³-hybridized carbons (Fsp3) is 0.500. The third kappa shape index (κ3) is 2.02. The lowest BCUT2D eigenvalue weighted by Crippen LogP contribution is -2.23. The fourth-order valence-electron chi connectivity index (χ4n) is 2.96. The summed E-state index contributed by atoms with van der Waals surface area (Å²) in [6, 6.07) is 7.09. The Morgan fingerprint density at radius 3 is 3.24 bits per heavy atom. The van der Waals surface area contributed by atoms with E-state index < -0.39 is 0 Å². The third-order valence-electron chi connectivity index (χ3n) is 3.98. The number of hydrogen-bond acceptors (Lipinski definition) is 2. The molecule has 0 spiro atoms. The molecule has 2 aromatic rings. The first-order chi connectivity index (χ1) is 8.36. The lowest BCUT2D eigenvalue weighted by molar-refractivity contribution is 0.489. The van der Waals surface area contributed by atoms with Crippen LogP contribution in [0.4, 0.5) is 5.69 Å². The summed E-state index contributed by atoms with van der Waals surface area (Å²) in [5.74, 6) is 0.840. The van der Waals surface area contributed by atoms with Crippen LogP contribution < -0.4 is 5.32 Å². The maximum absolute atomic E-state index is 4.05. The summed E-state index contributed by atoms with van der Waals surface area (Å²) >= 11 is 0. The standard InChI is InChI=1S/C14H19N3/c1-2-10-4-3-5-13(10)16-12-7-6-11-9-15-17-14(11)8-12/h6-10,13,16H,2-5H2,1H3,(H,15,17). The Hall–Kier alpha value is -1.51. The van der Waals surface area contributed by atoms with Crippen molar-refractivity contribution >= 4 is 16.6 Å². The number of rotatable bonds is 3. The van der Waals surface area contributed by atoms with Gasteiger partial charge in [0.25, 0.3) is 0 Å². The van der Waals surface area contributed by atoms with Gasteiger partial charge in [-0.15, -0.1) is 0 Å². The van der Waals surface area contributed by atoms with Gasteiger partial charge in [0.05, 0.1) is 11.7 Å². The molecule has 90 valence electrons. The van der Waals surface area contributed by atoms with E-state index in [1.54, 1.807) is 0 Å². The van der Waals surface area contributed by atoms with E-state index in [-0.39, 0.29) is 0 Å². The summed E-state index contributed by atoms with van der Waals surface area (Å²) in [5, 5.41) is 11.9. The molecule has 1 saturated carbocycles. The van der Waals surface area contributed by atoms with Crippen molar-refractivity contribution < 1.29 is 0 Å². The molecule has 0 aliphatic heterocycles. The second-order valence-electron chi connectivity index (χ2n) is 5.02. The molecule has 3 heteroatoms. The minimum atomic E-state index is 0.653. The van der Waals surface area contributed by atoms with Gasteiger partial charge < -0.3 is 5.32 Å². The first kappa shape index (κ1) is 10.6. The van der Waals surface area contributed by atoms with Crippen LogP contribution in [0, 0.1) is 5.92 Å². The molecule has 0 radical (unpaired) electrons. The van der Waals surface area contributed by atoms with Gasteiger partial charge in [-0.1, -0.05) is 19.8 Å². The van der Waals surface area contributed by atoms with E-state index in [2.05, 4.69) is 40.6 Å². The number of nitrogens with one attached hydrogen (secondary N) is 2. The number of hydrogen-bond donors (Lipinski definition) is 2. The molecule has 3 nitrogen and oxygen atoms in total. The third-order valence-corrected chi connectivity index (χ3v) is 3.98. The topological polar surface area (TPSA) is 40.7 Å². The van der Waals surface area contributed by atoms with E-state index in [4.69, 9.17) is 0 Å². The molecule has 0 bridgehead atoms. The molecule has 2 atom stereocenters. The zero-order valence-electron chi connectivity index (χ0n) is 10.2. The summed E-state index contributed by atoms with van der Waals surface area (Å²) in [6.45, 7) is 2.29. The second kappa shape index (κ2) is 4.40. The van der Waals surface area contributed by atoms with Gasteiger partial charge in [-0.25, -0.2) is 0 Å². The van der Waals surface area contributed by atoms with Gasteiger partial charge >= 0.3 is 0 Å².